The van der Waals surface area contributed by atoms with Crippen molar-refractivity contribution < 1.29 is 0 Å². The van der Waals surface area contributed by atoms with Gasteiger partial charge in [-0.05, 0) is 37.3 Å². The van der Waals surface area contributed by atoms with Crippen LogP contribution in [-0.2, 0) is 6.54 Å². The highest BCUT2D eigenvalue weighted by atomic mass is 14.9. The normalized spacial score (nSPS) is 14.6. The Hall–Kier alpha value is -0.890. The molecule has 0 fully saturated rings. The molecule has 0 bridgehead atoms. The zero-order valence-electron chi connectivity index (χ0n) is 11.7. The summed E-state index contributed by atoms with van der Waals surface area (Å²) in [7, 11) is 0. The summed E-state index contributed by atoms with van der Waals surface area (Å²) in [5.41, 5.74) is 2.45. The lowest BCUT2D eigenvalue weighted by molar-refractivity contribution is 0.382. The summed E-state index contributed by atoms with van der Waals surface area (Å²) < 4.78 is 0. The van der Waals surface area contributed by atoms with E-state index in [9.17, 15) is 0 Å². The maximum atomic E-state index is 4.42. The molecule has 0 aliphatic carbocycles. The van der Waals surface area contributed by atoms with Gasteiger partial charge in [0.05, 0.1) is 5.69 Å². The molecule has 0 amide bonds. The minimum atomic E-state index is 0.617. The third kappa shape index (κ3) is 4.86. The third-order valence-corrected chi connectivity index (χ3v) is 3.55. The average molecular weight is 234 g/mol. The van der Waals surface area contributed by atoms with E-state index in [1.54, 1.807) is 0 Å². The number of pyridine rings is 1. The maximum absolute atomic E-state index is 4.42. The van der Waals surface area contributed by atoms with Crippen LogP contribution in [0.3, 0.4) is 0 Å². The van der Waals surface area contributed by atoms with Gasteiger partial charge in [-0.1, -0.05) is 33.3 Å². The Morgan fingerprint density at radius 2 is 2.06 bits per heavy atom. The number of hydrogen-bond donors (Lipinski definition) is 1. The average Bonchev–Trinajstić information content (AvgIpc) is 2.35. The second-order valence-electron chi connectivity index (χ2n) is 5.00. The second-order valence-corrected chi connectivity index (χ2v) is 5.00. The molecule has 0 aromatic carbocycles. The Kier molecular flexibility index (Phi) is 6.20. The van der Waals surface area contributed by atoms with Crippen molar-refractivity contribution in [1.29, 1.82) is 0 Å². The minimum absolute atomic E-state index is 0.617. The molecule has 96 valence electrons. The number of hydrogen-bond acceptors (Lipinski definition) is 2. The molecule has 2 unspecified atom stereocenters. The molecule has 0 aliphatic heterocycles. The summed E-state index contributed by atoms with van der Waals surface area (Å²) >= 11 is 0. The molecule has 0 saturated carbocycles. The largest absolute Gasteiger partial charge is 0.308 e. The van der Waals surface area contributed by atoms with Gasteiger partial charge in [0.2, 0.25) is 0 Å². The highest BCUT2D eigenvalue weighted by Crippen LogP contribution is 2.13. The van der Waals surface area contributed by atoms with Gasteiger partial charge in [0, 0.05) is 18.8 Å². The van der Waals surface area contributed by atoms with E-state index >= 15 is 0 Å². The van der Waals surface area contributed by atoms with Gasteiger partial charge in [-0.25, -0.2) is 0 Å². The van der Waals surface area contributed by atoms with Crippen molar-refractivity contribution >= 4 is 0 Å². The van der Waals surface area contributed by atoms with E-state index in [0.29, 0.717) is 6.04 Å². The molecule has 1 N–H and O–H groups in total. The van der Waals surface area contributed by atoms with Gasteiger partial charge >= 0.3 is 0 Å². The van der Waals surface area contributed by atoms with Gasteiger partial charge in [-0.3, -0.25) is 4.98 Å². The molecule has 1 aromatic heterocycles. The molecule has 1 rings (SSSR count). The molecule has 2 nitrogen and oxygen atoms in total. The van der Waals surface area contributed by atoms with Crippen LogP contribution in [0.4, 0.5) is 0 Å². The Bertz CT molecular complexity index is 322. The molecule has 17 heavy (non-hydrogen) atoms. The van der Waals surface area contributed by atoms with Crippen molar-refractivity contribution in [3.8, 4) is 0 Å². The van der Waals surface area contributed by atoms with Crippen molar-refractivity contribution in [2.75, 3.05) is 0 Å². The SMILES string of the molecule is CCC(C)CC(CC)NCc1ncccc1C. The summed E-state index contributed by atoms with van der Waals surface area (Å²) in [5, 5.41) is 3.63. The molecule has 0 radical (unpaired) electrons. The van der Waals surface area contributed by atoms with Gasteiger partial charge in [0.1, 0.15) is 0 Å². The van der Waals surface area contributed by atoms with E-state index in [2.05, 4.69) is 44.1 Å². The predicted molar refractivity (Wildman–Crippen MR) is 74.0 cm³/mol. The fourth-order valence-electron chi connectivity index (χ4n) is 1.99. The Morgan fingerprint density at radius 3 is 2.65 bits per heavy atom. The van der Waals surface area contributed by atoms with Gasteiger partial charge in [-0.15, -0.1) is 0 Å². The first-order valence-electron chi connectivity index (χ1n) is 6.81. The minimum Gasteiger partial charge on any atom is -0.308 e. The van der Waals surface area contributed by atoms with Crippen LogP contribution in [0.1, 0.15) is 51.3 Å². The van der Waals surface area contributed by atoms with Crippen LogP contribution >= 0.6 is 0 Å². The molecular formula is C15H26N2. The molecule has 2 atom stereocenters. The first-order chi connectivity index (χ1) is 8.17. The lowest BCUT2D eigenvalue weighted by Crippen LogP contribution is -2.30. The lowest BCUT2D eigenvalue weighted by atomic mass is 9.97. The summed E-state index contributed by atoms with van der Waals surface area (Å²) in [6.07, 6.45) is 5.59. The predicted octanol–water partition coefficient (Wildman–Crippen LogP) is 3.69. The highest BCUT2D eigenvalue weighted by Gasteiger charge is 2.10. The van der Waals surface area contributed by atoms with Gasteiger partial charge in [0.15, 0.2) is 0 Å². The maximum Gasteiger partial charge on any atom is 0.0570 e. The van der Waals surface area contributed by atoms with Crippen molar-refractivity contribution in [1.82, 2.24) is 10.3 Å². The van der Waals surface area contributed by atoms with Crippen LogP contribution in [0.25, 0.3) is 0 Å². The van der Waals surface area contributed by atoms with Crippen LogP contribution < -0.4 is 5.32 Å². The van der Waals surface area contributed by atoms with Gasteiger partial charge in [-0.2, -0.15) is 0 Å². The zero-order chi connectivity index (χ0) is 12.7. The van der Waals surface area contributed by atoms with E-state index < -0.39 is 0 Å². The fourth-order valence-corrected chi connectivity index (χ4v) is 1.99. The number of nitrogens with one attached hydrogen (secondary N) is 1. The Labute approximate surface area is 106 Å². The first kappa shape index (κ1) is 14.2. The standard InChI is InChI=1S/C15H26N2/c1-5-12(3)10-14(6-2)17-11-15-13(4)8-7-9-16-15/h7-9,12,14,17H,5-6,10-11H2,1-4H3. The van der Waals surface area contributed by atoms with Crippen molar-refractivity contribution in [3.63, 3.8) is 0 Å². The van der Waals surface area contributed by atoms with E-state index in [1.165, 1.54) is 30.5 Å². The quantitative estimate of drug-likeness (QED) is 0.778. The van der Waals surface area contributed by atoms with Crippen LogP contribution in [0.15, 0.2) is 18.3 Å². The zero-order valence-corrected chi connectivity index (χ0v) is 11.7. The van der Waals surface area contributed by atoms with Crippen LogP contribution in [0.5, 0.6) is 0 Å². The fraction of sp³-hybridized carbons (Fsp3) is 0.667. The smallest absolute Gasteiger partial charge is 0.0570 e. The summed E-state index contributed by atoms with van der Waals surface area (Å²) in [5.74, 6) is 0.803. The van der Waals surface area contributed by atoms with Crippen molar-refractivity contribution in [2.24, 2.45) is 5.92 Å². The van der Waals surface area contributed by atoms with Crippen LogP contribution in [0.2, 0.25) is 0 Å². The Balaban J connectivity index is 2.45. The van der Waals surface area contributed by atoms with Crippen LogP contribution in [0, 0.1) is 12.8 Å². The lowest BCUT2D eigenvalue weighted by Gasteiger charge is -2.20. The topological polar surface area (TPSA) is 24.9 Å². The molecule has 1 aromatic rings. The monoisotopic (exact) mass is 234 g/mol. The molecule has 2 heteroatoms. The third-order valence-electron chi connectivity index (χ3n) is 3.55. The van der Waals surface area contributed by atoms with E-state index in [0.717, 1.165) is 12.5 Å². The first-order valence-corrected chi connectivity index (χ1v) is 6.81. The molecule has 0 aliphatic rings. The number of rotatable bonds is 7. The number of aromatic nitrogens is 1. The van der Waals surface area contributed by atoms with Crippen molar-refractivity contribution in [3.05, 3.63) is 29.6 Å². The van der Waals surface area contributed by atoms with Gasteiger partial charge < -0.3 is 5.32 Å². The number of aryl methyl sites for hydroxylation is 1. The van der Waals surface area contributed by atoms with Crippen LogP contribution in [-0.4, -0.2) is 11.0 Å². The Morgan fingerprint density at radius 1 is 1.29 bits per heavy atom. The highest BCUT2D eigenvalue weighted by molar-refractivity contribution is 5.17. The molecule has 0 saturated heterocycles. The molecule has 0 spiro atoms. The van der Waals surface area contributed by atoms with Crippen molar-refractivity contribution in [2.45, 2.75) is 59.5 Å². The van der Waals surface area contributed by atoms with E-state index in [1.807, 2.05) is 12.3 Å². The summed E-state index contributed by atoms with van der Waals surface area (Å²) in [6, 6.07) is 4.74. The summed E-state index contributed by atoms with van der Waals surface area (Å²) in [4.78, 5) is 4.42. The number of nitrogens with zero attached hydrogens (tertiary/aromatic N) is 1. The van der Waals surface area contributed by atoms with E-state index in [4.69, 9.17) is 0 Å². The van der Waals surface area contributed by atoms with E-state index in [-0.39, 0.29) is 0 Å². The molecular weight excluding hydrogens is 208 g/mol. The molecule has 1 heterocycles. The summed E-state index contributed by atoms with van der Waals surface area (Å²) in [6.45, 7) is 9.86. The van der Waals surface area contributed by atoms with Gasteiger partial charge in [0.25, 0.3) is 0 Å². The second kappa shape index (κ2) is 7.44.